The second-order valence-corrected chi connectivity index (χ2v) is 3.43. The first-order chi connectivity index (χ1) is 5.76. The summed E-state index contributed by atoms with van der Waals surface area (Å²) >= 11 is 0. The van der Waals surface area contributed by atoms with Gasteiger partial charge in [0.25, 0.3) is 0 Å². The Balaban J connectivity index is 3.80. The Hall–Kier alpha value is -0.300. The van der Waals surface area contributed by atoms with Crippen molar-refractivity contribution in [2.45, 2.75) is 52.1 Å². The predicted molar refractivity (Wildman–Crippen MR) is 54.1 cm³/mol. The molecular weight excluding hydrogens is 148 g/mol. The first-order valence-corrected chi connectivity index (χ1v) is 5.05. The molecule has 2 atom stereocenters. The van der Waals surface area contributed by atoms with Crippen molar-refractivity contribution in [3.63, 3.8) is 0 Å². The molecule has 0 radical (unpaired) electrons. The lowest BCUT2D eigenvalue weighted by Crippen LogP contribution is -2.19. The van der Waals surface area contributed by atoms with Crippen molar-refractivity contribution in [1.82, 2.24) is 0 Å². The second-order valence-electron chi connectivity index (χ2n) is 3.43. The summed E-state index contributed by atoms with van der Waals surface area (Å²) in [5, 5.41) is 9.72. The summed E-state index contributed by atoms with van der Waals surface area (Å²) in [5.41, 5.74) is 0. The van der Waals surface area contributed by atoms with Crippen LogP contribution in [-0.2, 0) is 0 Å². The van der Waals surface area contributed by atoms with Gasteiger partial charge in [0.15, 0.2) is 0 Å². The molecule has 0 aliphatic carbocycles. The van der Waals surface area contributed by atoms with Crippen molar-refractivity contribution in [2.24, 2.45) is 5.92 Å². The molecule has 0 amide bonds. The molecule has 12 heavy (non-hydrogen) atoms. The van der Waals surface area contributed by atoms with E-state index in [1.165, 1.54) is 0 Å². The highest BCUT2D eigenvalue weighted by atomic mass is 16.3. The van der Waals surface area contributed by atoms with Gasteiger partial charge in [-0.05, 0) is 25.2 Å². The molecule has 0 heterocycles. The van der Waals surface area contributed by atoms with Gasteiger partial charge in [-0.1, -0.05) is 32.8 Å². The van der Waals surface area contributed by atoms with Gasteiger partial charge in [-0.3, -0.25) is 0 Å². The Labute approximate surface area is 76.5 Å². The van der Waals surface area contributed by atoms with Crippen molar-refractivity contribution in [3.8, 4) is 0 Å². The van der Waals surface area contributed by atoms with Gasteiger partial charge in [0.2, 0.25) is 0 Å². The number of allylic oxidation sites excluding steroid dienone is 1. The average molecular weight is 170 g/mol. The van der Waals surface area contributed by atoms with Crippen LogP contribution in [0.5, 0.6) is 0 Å². The molecule has 1 heteroatoms. The molecule has 0 bridgehead atoms. The predicted octanol–water partition coefficient (Wildman–Crippen LogP) is 3.14. The van der Waals surface area contributed by atoms with E-state index in [4.69, 9.17) is 0 Å². The minimum Gasteiger partial charge on any atom is -0.393 e. The van der Waals surface area contributed by atoms with Crippen LogP contribution in [0.2, 0.25) is 0 Å². The van der Waals surface area contributed by atoms with Gasteiger partial charge in [-0.25, -0.2) is 0 Å². The zero-order valence-corrected chi connectivity index (χ0v) is 8.42. The van der Waals surface area contributed by atoms with Crippen molar-refractivity contribution in [3.05, 3.63) is 12.7 Å². The maximum atomic E-state index is 9.72. The Bertz CT molecular complexity index is 110. The first kappa shape index (κ1) is 11.7. The summed E-state index contributed by atoms with van der Waals surface area (Å²) in [4.78, 5) is 0. The summed E-state index contributed by atoms with van der Waals surface area (Å²) in [6.07, 6.45) is 7.02. The van der Waals surface area contributed by atoms with Crippen LogP contribution < -0.4 is 0 Å². The van der Waals surface area contributed by atoms with Crippen LogP contribution in [0, 0.1) is 5.92 Å². The smallest absolute Gasteiger partial charge is 0.0571 e. The summed E-state index contributed by atoms with van der Waals surface area (Å²) in [7, 11) is 0. The SMILES string of the molecule is C=CC[C@@H](CCC)[C@H](O)CCC. The average Bonchev–Trinajstić information content (AvgIpc) is 2.04. The number of aliphatic hydroxyl groups is 1. The lowest BCUT2D eigenvalue weighted by atomic mass is 9.91. The van der Waals surface area contributed by atoms with Gasteiger partial charge in [0.05, 0.1) is 6.10 Å². The Kier molecular flexibility index (Phi) is 7.17. The standard InChI is InChI=1S/C11H22O/c1-4-7-10(8-5-2)11(12)9-6-3/h4,10-12H,1,5-9H2,2-3H3/t10-,11+/m0/s1. The topological polar surface area (TPSA) is 20.2 Å². The summed E-state index contributed by atoms with van der Waals surface area (Å²) in [6.45, 7) is 7.99. The number of hydrogen-bond acceptors (Lipinski definition) is 1. The van der Waals surface area contributed by atoms with Crippen LogP contribution in [0.1, 0.15) is 46.0 Å². The van der Waals surface area contributed by atoms with E-state index in [0.717, 1.165) is 32.1 Å². The van der Waals surface area contributed by atoms with E-state index in [1.54, 1.807) is 0 Å². The van der Waals surface area contributed by atoms with Crippen LogP contribution >= 0.6 is 0 Å². The molecule has 72 valence electrons. The van der Waals surface area contributed by atoms with E-state index in [9.17, 15) is 5.11 Å². The highest BCUT2D eigenvalue weighted by Crippen LogP contribution is 2.19. The van der Waals surface area contributed by atoms with Gasteiger partial charge in [0.1, 0.15) is 0 Å². The van der Waals surface area contributed by atoms with Crippen LogP contribution in [-0.4, -0.2) is 11.2 Å². The lowest BCUT2D eigenvalue weighted by Gasteiger charge is -2.20. The number of aliphatic hydroxyl groups excluding tert-OH is 1. The highest BCUT2D eigenvalue weighted by Gasteiger charge is 2.15. The molecule has 0 unspecified atom stereocenters. The fourth-order valence-corrected chi connectivity index (χ4v) is 1.58. The van der Waals surface area contributed by atoms with Crippen LogP contribution in [0.3, 0.4) is 0 Å². The number of hydrogen-bond donors (Lipinski definition) is 1. The molecule has 0 saturated carbocycles. The van der Waals surface area contributed by atoms with Crippen molar-refractivity contribution < 1.29 is 5.11 Å². The van der Waals surface area contributed by atoms with Gasteiger partial charge in [-0.2, -0.15) is 0 Å². The third-order valence-corrected chi connectivity index (χ3v) is 2.26. The fraction of sp³-hybridized carbons (Fsp3) is 0.818. The van der Waals surface area contributed by atoms with E-state index < -0.39 is 0 Å². The minimum absolute atomic E-state index is 0.118. The second kappa shape index (κ2) is 7.35. The zero-order chi connectivity index (χ0) is 9.40. The summed E-state index contributed by atoms with van der Waals surface area (Å²) < 4.78 is 0. The molecule has 0 rings (SSSR count). The lowest BCUT2D eigenvalue weighted by molar-refractivity contribution is 0.0939. The molecule has 0 aromatic carbocycles. The minimum atomic E-state index is -0.118. The monoisotopic (exact) mass is 170 g/mol. The van der Waals surface area contributed by atoms with Crippen molar-refractivity contribution in [2.75, 3.05) is 0 Å². The molecule has 0 aliphatic heterocycles. The van der Waals surface area contributed by atoms with Crippen molar-refractivity contribution >= 4 is 0 Å². The maximum absolute atomic E-state index is 9.72. The van der Waals surface area contributed by atoms with Gasteiger partial charge in [-0.15, -0.1) is 6.58 Å². The molecule has 0 saturated heterocycles. The summed E-state index contributed by atoms with van der Waals surface area (Å²) in [5.74, 6) is 0.437. The van der Waals surface area contributed by atoms with E-state index in [1.807, 2.05) is 6.08 Å². The third-order valence-electron chi connectivity index (χ3n) is 2.26. The zero-order valence-electron chi connectivity index (χ0n) is 8.42. The molecule has 0 aromatic heterocycles. The Morgan fingerprint density at radius 2 is 1.83 bits per heavy atom. The molecule has 1 nitrogen and oxygen atoms in total. The molecular formula is C11H22O. The van der Waals surface area contributed by atoms with E-state index in [2.05, 4.69) is 20.4 Å². The molecule has 1 N–H and O–H groups in total. The molecule has 0 aromatic rings. The van der Waals surface area contributed by atoms with E-state index >= 15 is 0 Å². The quantitative estimate of drug-likeness (QED) is 0.582. The molecule has 0 aliphatic rings. The number of rotatable bonds is 7. The normalized spacial score (nSPS) is 15.6. The van der Waals surface area contributed by atoms with Gasteiger partial charge in [0, 0.05) is 0 Å². The largest absolute Gasteiger partial charge is 0.393 e. The molecule has 0 spiro atoms. The van der Waals surface area contributed by atoms with Crippen LogP contribution in [0.25, 0.3) is 0 Å². The summed E-state index contributed by atoms with van der Waals surface area (Å²) in [6, 6.07) is 0. The molecule has 0 fully saturated rings. The Morgan fingerprint density at radius 3 is 2.25 bits per heavy atom. The van der Waals surface area contributed by atoms with Gasteiger partial charge < -0.3 is 5.11 Å². The van der Waals surface area contributed by atoms with Crippen molar-refractivity contribution in [1.29, 1.82) is 0 Å². The first-order valence-electron chi connectivity index (χ1n) is 5.05. The third kappa shape index (κ3) is 4.55. The van der Waals surface area contributed by atoms with Crippen LogP contribution in [0.15, 0.2) is 12.7 Å². The van der Waals surface area contributed by atoms with E-state index in [0.29, 0.717) is 5.92 Å². The van der Waals surface area contributed by atoms with E-state index in [-0.39, 0.29) is 6.10 Å². The van der Waals surface area contributed by atoms with Gasteiger partial charge >= 0.3 is 0 Å². The van der Waals surface area contributed by atoms with Crippen LogP contribution in [0.4, 0.5) is 0 Å². The maximum Gasteiger partial charge on any atom is 0.0571 e. The fourth-order valence-electron chi connectivity index (χ4n) is 1.58. The highest BCUT2D eigenvalue weighted by molar-refractivity contribution is 4.77. The Morgan fingerprint density at radius 1 is 1.25 bits per heavy atom.